The van der Waals surface area contributed by atoms with E-state index in [1.807, 2.05) is 24.3 Å². The predicted molar refractivity (Wildman–Crippen MR) is 111 cm³/mol. The maximum absolute atomic E-state index is 13.2. The molecule has 0 fully saturated rings. The molecule has 0 bridgehead atoms. The van der Waals surface area contributed by atoms with E-state index in [1.54, 1.807) is 30.6 Å². The van der Waals surface area contributed by atoms with Gasteiger partial charge >= 0.3 is 0 Å². The van der Waals surface area contributed by atoms with Gasteiger partial charge in [0.15, 0.2) is 0 Å². The van der Waals surface area contributed by atoms with Gasteiger partial charge in [-0.05, 0) is 42.5 Å². The maximum atomic E-state index is 13.2. The molecule has 5 rings (SSSR count). The van der Waals surface area contributed by atoms with E-state index >= 15 is 0 Å². The Balaban J connectivity index is 1.46. The van der Waals surface area contributed by atoms with Gasteiger partial charge in [-0.3, -0.25) is 4.79 Å². The first-order chi connectivity index (χ1) is 14.6. The van der Waals surface area contributed by atoms with Gasteiger partial charge in [-0.1, -0.05) is 33.2 Å². The van der Waals surface area contributed by atoms with Crippen molar-refractivity contribution in [3.8, 4) is 22.6 Å². The Morgan fingerprint density at radius 2 is 1.87 bits per heavy atom. The first-order valence-corrected chi connectivity index (χ1v) is 9.79. The lowest BCUT2D eigenvalue weighted by atomic mass is 10.1. The van der Waals surface area contributed by atoms with Gasteiger partial charge in [-0.2, -0.15) is 10.1 Å². The molecule has 0 radical (unpaired) electrons. The van der Waals surface area contributed by atoms with Crippen LogP contribution in [0.1, 0.15) is 5.89 Å². The summed E-state index contributed by atoms with van der Waals surface area (Å²) in [5.41, 5.74) is 2.26. The van der Waals surface area contributed by atoms with Gasteiger partial charge in [0, 0.05) is 28.0 Å². The first kappa shape index (κ1) is 18.4. The smallest absolute Gasteiger partial charge is 0.277 e. The maximum Gasteiger partial charge on any atom is 0.277 e. The SMILES string of the molecule is O=c1c2cc(-c3ccc(F)cc3)nn2ccn1Cc1nc(-c2cccc(Br)c2)no1. The summed E-state index contributed by atoms with van der Waals surface area (Å²) in [6, 6.07) is 15.2. The summed E-state index contributed by atoms with van der Waals surface area (Å²) in [5.74, 6) is 0.435. The minimum atomic E-state index is -0.327. The largest absolute Gasteiger partial charge is 0.337 e. The molecular formula is C21H13BrFN5O2. The Bertz CT molecular complexity index is 1420. The average molecular weight is 466 g/mol. The van der Waals surface area contributed by atoms with Crippen molar-refractivity contribution >= 4 is 21.4 Å². The highest BCUT2D eigenvalue weighted by Gasteiger charge is 2.13. The number of fused-ring (bicyclic) bond motifs is 1. The molecule has 0 aliphatic carbocycles. The van der Waals surface area contributed by atoms with Crippen LogP contribution in [0, 0.1) is 5.82 Å². The number of hydrogen-bond donors (Lipinski definition) is 0. The average Bonchev–Trinajstić information content (AvgIpc) is 3.38. The van der Waals surface area contributed by atoms with Crippen LogP contribution in [-0.2, 0) is 6.54 Å². The lowest BCUT2D eigenvalue weighted by Crippen LogP contribution is -2.21. The van der Waals surface area contributed by atoms with E-state index in [0.29, 0.717) is 22.9 Å². The molecule has 0 saturated heterocycles. The Kier molecular flexibility index (Phi) is 4.51. The third kappa shape index (κ3) is 3.43. The summed E-state index contributed by atoms with van der Waals surface area (Å²) in [6.45, 7) is 0.132. The van der Waals surface area contributed by atoms with Crippen LogP contribution in [0.25, 0.3) is 28.2 Å². The molecule has 0 N–H and O–H groups in total. The second-order valence-corrected chi connectivity index (χ2v) is 7.54. The van der Waals surface area contributed by atoms with Gasteiger partial charge in [0.25, 0.3) is 5.56 Å². The van der Waals surface area contributed by atoms with Crippen LogP contribution in [0.2, 0.25) is 0 Å². The molecule has 7 nitrogen and oxygen atoms in total. The van der Waals surface area contributed by atoms with Crippen molar-refractivity contribution in [3.05, 3.63) is 93.5 Å². The molecule has 0 saturated carbocycles. The van der Waals surface area contributed by atoms with Gasteiger partial charge in [-0.15, -0.1) is 0 Å². The lowest BCUT2D eigenvalue weighted by Gasteiger charge is -2.02. The van der Waals surface area contributed by atoms with Gasteiger partial charge in [-0.25, -0.2) is 8.91 Å². The second-order valence-electron chi connectivity index (χ2n) is 6.62. The molecule has 9 heteroatoms. The monoisotopic (exact) mass is 465 g/mol. The molecule has 30 heavy (non-hydrogen) atoms. The quantitative estimate of drug-likeness (QED) is 0.398. The molecule has 0 aliphatic heterocycles. The fourth-order valence-corrected chi connectivity index (χ4v) is 3.52. The van der Waals surface area contributed by atoms with Crippen LogP contribution in [0.15, 0.2) is 80.8 Å². The molecule has 3 heterocycles. The summed E-state index contributed by atoms with van der Waals surface area (Å²) < 4.78 is 22.4. The Morgan fingerprint density at radius 1 is 1.03 bits per heavy atom. The fraction of sp³-hybridized carbons (Fsp3) is 0.0476. The number of rotatable bonds is 4. The van der Waals surface area contributed by atoms with E-state index in [2.05, 4.69) is 31.2 Å². The summed E-state index contributed by atoms with van der Waals surface area (Å²) in [5, 5.41) is 8.39. The molecule has 0 amide bonds. The third-order valence-corrected chi connectivity index (χ3v) is 5.09. The first-order valence-electron chi connectivity index (χ1n) is 9.00. The highest BCUT2D eigenvalue weighted by molar-refractivity contribution is 9.10. The van der Waals surface area contributed by atoms with Gasteiger partial charge in [0.05, 0.1) is 5.69 Å². The number of hydrogen-bond acceptors (Lipinski definition) is 5. The normalized spacial score (nSPS) is 11.3. The summed E-state index contributed by atoms with van der Waals surface area (Å²) >= 11 is 3.42. The molecule has 3 aromatic heterocycles. The highest BCUT2D eigenvalue weighted by atomic mass is 79.9. The van der Waals surface area contributed by atoms with Crippen LogP contribution in [0.4, 0.5) is 4.39 Å². The Hall–Kier alpha value is -3.59. The summed E-state index contributed by atoms with van der Waals surface area (Å²) in [4.78, 5) is 17.3. The van der Waals surface area contributed by atoms with E-state index in [1.165, 1.54) is 21.2 Å². The molecule has 0 atom stereocenters. The van der Waals surface area contributed by atoms with E-state index in [9.17, 15) is 9.18 Å². The van der Waals surface area contributed by atoms with Gasteiger partial charge < -0.3 is 9.09 Å². The van der Waals surface area contributed by atoms with E-state index in [0.717, 1.165) is 15.6 Å². The zero-order chi connectivity index (χ0) is 20.7. The Morgan fingerprint density at radius 3 is 2.67 bits per heavy atom. The van der Waals surface area contributed by atoms with Gasteiger partial charge in [0.1, 0.15) is 17.9 Å². The van der Waals surface area contributed by atoms with Crippen molar-refractivity contribution in [1.82, 2.24) is 24.3 Å². The predicted octanol–water partition coefficient (Wildman–Crippen LogP) is 4.16. The molecule has 0 unspecified atom stereocenters. The number of halogens is 2. The Labute approximate surface area is 177 Å². The minimum absolute atomic E-state index is 0.132. The van der Waals surface area contributed by atoms with E-state index < -0.39 is 0 Å². The van der Waals surface area contributed by atoms with Gasteiger partial charge in [0.2, 0.25) is 11.7 Å². The minimum Gasteiger partial charge on any atom is -0.337 e. The topological polar surface area (TPSA) is 78.2 Å². The van der Waals surface area contributed by atoms with Crippen molar-refractivity contribution in [2.24, 2.45) is 0 Å². The van der Waals surface area contributed by atoms with Crippen molar-refractivity contribution < 1.29 is 8.91 Å². The number of benzene rings is 2. The molecule has 148 valence electrons. The molecule has 2 aromatic carbocycles. The fourth-order valence-electron chi connectivity index (χ4n) is 3.12. The standard InChI is InChI=1S/C21H13BrFN5O2/c22-15-3-1-2-14(10-15)20-24-19(30-26-20)12-27-8-9-28-18(21(27)29)11-17(25-28)13-4-6-16(23)7-5-13/h1-11H,12H2. The van der Waals surface area contributed by atoms with E-state index in [-0.39, 0.29) is 17.9 Å². The number of aromatic nitrogens is 5. The van der Waals surface area contributed by atoms with Crippen molar-refractivity contribution in [1.29, 1.82) is 0 Å². The molecule has 0 spiro atoms. The van der Waals surface area contributed by atoms with Crippen LogP contribution < -0.4 is 5.56 Å². The number of nitrogens with zero attached hydrogens (tertiary/aromatic N) is 5. The second kappa shape index (κ2) is 7.34. The van der Waals surface area contributed by atoms with Crippen molar-refractivity contribution in [2.45, 2.75) is 6.54 Å². The third-order valence-electron chi connectivity index (χ3n) is 4.60. The summed E-state index contributed by atoms with van der Waals surface area (Å²) in [6.07, 6.45) is 3.29. The van der Waals surface area contributed by atoms with Crippen LogP contribution in [-0.4, -0.2) is 24.3 Å². The van der Waals surface area contributed by atoms with E-state index in [4.69, 9.17) is 4.52 Å². The zero-order valence-electron chi connectivity index (χ0n) is 15.4. The molecule has 0 aliphatic rings. The summed E-state index contributed by atoms with van der Waals surface area (Å²) in [7, 11) is 0. The molecular weight excluding hydrogens is 453 g/mol. The highest BCUT2D eigenvalue weighted by Crippen LogP contribution is 2.21. The van der Waals surface area contributed by atoms with Crippen LogP contribution in [0.3, 0.4) is 0 Å². The zero-order valence-corrected chi connectivity index (χ0v) is 17.0. The van der Waals surface area contributed by atoms with Crippen LogP contribution >= 0.6 is 15.9 Å². The van der Waals surface area contributed by atoms with Crippen molar-refractivity contribution in [2.75, 3.05) is 0 Å². The lowest BCUT2D eigenvalue weighted by molar-refractivity contribution is 0.370. The molecule has 5 aromatic rings. The van der Waals surface area contributed by atoms with Crippen LogP contribution in [0.5, 0.6) is 0 Å². The van der Waals surface area contributed by atoms with Crippen molar-refractivity contribution in [3.63, 3.8) is 0 Å².